The Balaban J connectivity index is 2.23. The first kappa shape index (κ1) is 14.9. The van der Waals surface area contributed by atoms with Crippen LogP contribution in [0.5, 0.6) is 0 Å². The molecule has 0 fully saturated rings. The molecule has 1 N–H and O–H groups in total. The third-order valence-corrected chi connectivity index (χ3v) is 2.65. The molecule has 5 nitrogen and oxygen atoms in total. The zero-order valence-electron chi connectivity index (χ0n) is 10.6. The first-order valence-corrected chi connectivity index (χ1v) is 5.73. The minimum Gasteiger partial charge on any atom is -0.343 e. The zero-order chi connectivity index (χ0) is 15.6. The van der Waals surface area contributed by atoms with Crippen molar-refractivity contribution < 1.29 is 26.9 Å². The van der Waals surface area contributed by atoms with Crippen LogP contribution in [0.25, 0.3) is 0 Å². The summed E-state index contributed by atoms with van der Waals surface area (Å²) in [6.45, 7) is 1.48. The van der Waals surface area contributed by atoms with Crippen molar-refractivity contribution in [2.45, 2.75) is 19.1 Å². The number of carbonyl (C=O) groups is 1. The molecule has 0 saturated carbocycles. The predicted octanol–water partition coefficient (Wildman–Crippen LogP) is 2.72. The Labute approximate surface area is 116 Å². The molecule has 1 atom stereocenters. The van der Waals surface area contributed by atoms with Crippen LogP contribution in [0.2, 0.25) is 0 Å². The maximum atomic E-state index is 13.5. The third-order valence-electron chi connectivity index (χ3n) is 2.65. The van der Waals surface area contributed by atoms with Crippen LogP contribution in [0.1, 0.15) is 34.7 Å². The lowest BCUT2D eigenvalue weighted by molar-refractivity contribution is -0.137. The van der Waals surface area contributed by atoms with Crippen LogP contribution in [0.15, 0.2) is 29.1 Å². The van der Waals surface area contributed by atoms with Crippen LogP contribution in [0, 0.1) is 5.82 Å². The van der Waals surface area contributed by atoms with Gasteiger partial charge < -0.3 is 9.84 Å². The van der Waals surface area contributed by atoms with E-state index in [-0.39, 0.29) is 5.82 Å². The largest absolute Gasteiger partial charge is 0.416 e. The highest BCUT2D eigenvalue weighted by atomic mass is 19.4. The summed E-state index contributed by atoms with van der Waals surface area (Å²) in [5, 5.41) is 5.75. The van der Waals surface area contributed by atoms with Crippen molar-refractivity contribution in [1.82, 2.24) is 15.5 Å². The molecular weight excluding hydrogens is 294 g/mol. The molecular formula is C12H9F4N3O2. The molecule has 0 saturated heterocycles. The third kappa shape index (κ3) is 3.36. The van der Waals surface area contributed by atoms with Gasteiger partial charge >= 0.3 is 6.18 Å². The Hall–Kier alpha value is -2.45. The average Bonchev–Trinajstić information content (AvgIpc) is 2.91. The van der Waals surface area contributed by atoms with Gasteiger partial charge in [0.25, 0.3) is 5.91 Å². The Morgan fingerprint density at radius 1 is 1.38 bits per heavy atom. The monoisotopic (exact) mass is 303 g/mol. The summed E-state index contributed by atoms with van der Waals surface area (Å²) in [6.07, 6.45) is -3.63. The molecule has 1 unspecified atom stereocenters. The van der Waals surface area contributed by atoms with Gasteiger partial charge in [0, 0.05) is 0 Å². The van der Waals surface area contributed by atoms with Crippen molar-refractivity contribution in [3.8, 4) is 0 Å². The number of hydrogen-bond donors (Lipinski definition) is 1. The first-order valence-electron chi connectivity index (χ1n) is 5.73. The molecule has 1 amide bonds. The molecule has 0 aliphatic rings. The topological polar surface area (TPSA) is 68.0 Å². The van der Waals surface area contributed by atoms with Gasteiger partial charge in [-0.25, -0.2) is 4.39 Å². The lowest BCUT2D eigenvalue weighted by atomic mass is 10.1. The highest BCUT2D eigenvalue weighted by Crippen LogP contribution is 2.30. The first-order chi connectivity index (χ1) is 9.79. The Morgan fingerprint density at radius 2 is 2.10 bits per heavy atom. The Morgan fingerprint density at radius 3 is 2.67 bits per heavy atom. The summed E-state index contributed by atoms with van der Waals surface area (Å²) in [5.41, 5.74) is -1.82. The fraction of sp³-hybridized carbons (Fsp3) is 0.250. The summed E-state index contributed by atoms with van der Waals surface area (Å²) < 4.78 is 55.7. The normalized spacial score (nSPS) is 13.0. The van der Waals surface area contributed by atoms with E-state index in [1.807, 2.05) is 0 Å². The minimum atomic E-state index is -4.66. The van der Waals surface area contributed by atoms with Crippen molar-refractivity contribution in [2.24, 2.45) is 0 Å². The molecule has 9 heteroatoms. The molecule has 1 aromatic carbocycles. The summed E-state index contributed by atoms with van der Waals surface area (Å²) in [7, 11) is 0. The van der Waals surface area contributed by atoms with Crippen LogP contribution in [-0.2, 0) is 6.18 Å². The van der Waals surface area contributed by atoms with Gasteiger partial charge in [-0.3, -0.25) is 4.79 Å². The predicted molar refractivity (Wildman–Crippen MR) is 61.6 cm³/mol. The smallest absolute Gasteiger partial charge is 0.343 e. The van der Waals surface area contributed by atoms with Gasteiger partial charge in [-0.05, 0) is 25.1 Å². The van der Waals surface area contributed by atoms with Crippen molar-refractivity contribution in [3.05, 3.63) is 47.4 Å². The van der Waals surface area contributed by atoms with Gasteiger partial charge in [0.2, 0.25) is 6.39 Å². The van der Waals surface area contributed by atoms with Gasteiger partial charge in [-0.15, -0.1) is 0 Å². The number of benzene rings is 1. The van der Waals surface area contributed by atoms with E-state index < -0.39 is 35.1 Å². The van der Waals surface area contributed by atoms with Crippen LogP contribution < -0.4 is 5.32 Å². The zero-order valence-corrected chi connectivity index (χ0v) is 10.6. The highest BCUT2D eigenvalue weighted by molar-refractivity contribution is 5.94. The number of halogens is 4. The molecule has 1 aromatic heterocycles. The van der Waals surface area contributed by atoms with E-state index >= 15 is 0 Å². The van der Waals surface area contributed by atoms with E-state index in [9.17, 15) is 22.4 Å². The molecule has 0 spiro atoms. The highest BCUT2D eigenvalue weighted by Gasteiger charge is 2.32. The second-order valence-electron chi connectivity index (χ2n) is 4.18. The number of alkyl halides is 3. The van der Waals surface area contributed by atoms with E-state index in [2.05, 4.69) is 20.0 Å². The molecule has 1 heterocycles. The summed E-state index contributed by atoms with van der Waals surface area (Å²) in [5.74, 6) is -1.94. The summed E-state index contributed by atoms with van der Waals surface area (Å²) >= 11 is 0. The van der Waals surface area contributed by atoms with Crippen molar-refractivity contribution >= 4 is 5.91 Å². The lowest BCUT2D eigenvalue weighted by Gasteiger charge is -2.12. The van der Waals surface area contributed by atoms with Gasteiger partial charge in [-0.2, -0.15) is 18.2 Å². The number of nitrogens with one attached hydrogen (secondary N) is 1. The summed E-state index contributed by atoms with van der Waals surface area (Å²) in [6, 6.07) is 0.865. The van der Waals surface area contributed by atoms with E-state index in [4.69, 9.17) is 0 Å². The molecule has 0 aliphatic heterocycles. The van der Waals surface area contributed by atoms with E-state index in [1.165, 1.54) is 6.92 Å². The van der Waals surface area contributed by atoms with Crippen LogP contribution in [0.4, 0.5) is 17.6 Å². The fourth-order valence-electron chi connectivity index (χ4n) is 1.58. The number of nitrogens with zero attached hydrogens (tertiary/aromatic N) is 2. The molecule has 21 heavy (non-hydrogen) atoms. The fourth-order valence-corrected chi connectivity index (χ4v) is 1.58. The van der Waals surface area contributed by atoms with E-state index in [0.717, 1.165) is 6.39 Å². The quantitative estimate of drug-likeness (QED) is 0.885. The van der Waals surface area contributed by atoms with Gasteiger partial charge in [0.1, 0.15) is 5.82 Å². The maximum absolute atomic E-state index is 13.5. The molecule has 112 valence electrons. The molecule has 2 rings (SSSR count). The second kappa shape index (κ2) is 5.51. The SMILES string of the molecule is CC(NC(=O)c1cc(C(F)(F)F)ccc1F)c1ncon1. The minimum absolute atomic E-state index is 0.121. The number of amides is 1. The van der Waals surface area contributed by atoms with Crippen LogP contribution in [-0.4, -0.2) is 16.0 Å². The molecule has 0 radical (unpaired) electrons. The van der Waals surface area contributed by atoms with Crippen molar-refractivity contribution in [2.75, 3.05) is 0 Å². The number of carbonyl (C=O) groups excluding carboxylic acids is 1. The van der Waals surface area contributed by atoms with Crippen molar-refractivity contribution in [1.29, 1.82) is 0 Å². The standard InChI is InChI=1S/C12H9F4N3O2/c1-6(10-17-5-21-19-10)18-11(20)8-4-7(12(14,15)16)2-3-9(8)13/h2-6H,1H3,(H,18,20). The summed E-state index contributed by atoms with van der Waals surface area (Å²) in [4.78, 5) is 15.5. The second-order valence-corrected chi connectivity index (χ2v) is 4.18. The lowest BCUT2D eigenvalue weighted by Crippen LogP contribution is -2.28. The molecule has 2 aromatic rings. The number of hydrogen-bond acceptors (Lipinski definition) is 4. The van der Waals surface area contributed by atoms with Crippen LogP contribution >= 0.6 is 0 Å². The maximum Gasteiger partial charge on any atom is 0.416 e. The number of aromatic nitrogens is 2. The van der Waals surface area contributed by atoms with E-state index in [1.54, 1.807) is 0 Å². The number of rotatable bonds is 3. The van der Waals surface area contributed by atoms with Gasteiger partial charge in [0.15, 0.2) is 5.82 Å². The van der Waals surface area contributed by atoms with Crippen molar-refractivity contribution in [3.63, 3.8) is 0 Å². The average molecular weight is 303 g/mol. The van der Waals surface area contributed by atoms with Gasteiger partial charge in [-0.1, -0.05) is 5.16 Å². The Bertz CT molecular complexity index is 640. The van der Waals surface area contributed by atoms with Gasteiger partial charge in [0.05, 0.1) is 17.2 Å². The molecule has 0 aliphatic carbocycles. The van der Waals surface area contributed by atoms with E-state index in [0.29, 0.717) is 18.2 Å². The molecule has 0 bridgehead atoms. The van der Waals surface area contributed by atoms with Crippen LogP contribution in [0.3, 0.4) is 0 Å². The Kier molecular flexibility index (Phi) is 3.92.